The fraction of sp³-hybridized carbons (Fsp3) is 0.455. The molecule has 1 aromatic rings. The van der Waals surface area contributed by atoms with Crippen LogP contribution in [0, 0.1) is 5.82 Å². The van der Waals surface area contributed by atoms with Crippen molar-refractivity contribution >= 4 is 15.5 Å². The van der Waals surface area contributed by atoms with E-state index in [0.717, 1.165) is 18.2 Å². The lowest BCUT2D eigenvalue weighted by Crippen LogP contribution is -2.18. The summed E-state index contributed by atoms with van der Waals surface area (Å²) in [6.45, 7) is -1.78. The van der Waals surface area contributed by atoms with Gasteiger partial charge in [0.05, 0.1) is 16.3 Å². The Kier molecular flexibility index (Phi) is 5.35. The van der Waals surface area contributed by atoms with Crippen molar-refractivity contribution < 1.29 is 30.7 Å². The number of hydrogen-bond donors (Lipinski definition) is 1. The van der Waals surface area contributed by atoms with Crippen LogP contribution in [0.1, 0.15) is 6.42 Å². The largest absolute Gasteiger partial charge is 0.411 e. The van der Waals surface area contributed by atoms with Crippen LogP contribution < -0.4 is 5.73 Å². The van der Waals surface area contributed by atoms with E-state index in [0.29, 0.717) is 0 Å². The molecule has 0 atom stereocenters. The Morgan fingerprint density at radius 2 is 1.90 bits per heavy atom. The van der Waals surface area contributed by atoms with Gasteiger partial charge in [0.2, 0.25) is 0 Å². The highest BCUT2D eigenvalue weighted by molar-refractivity contribution is 7.91. The summed E-state index contributed by atoms with van der Waals surface area (Å²) in [7, 11) is -3.77. The third kappa shape index (κ3) is 5.33. The lowest BCUT2D eigenvalue weighted by Gasteiger charge is -2.08. The van der Waals surface area contributed by atoms with Gasteiger partial charge in [-0.1, -0.05) is 0 Å². The summed E-state index contributed by atoms with van der Waals surface area (Å²) in [6.07, 6.45) is -4.57. The highest BCUT2D eigenvalue weighted by atomic mass is 32.2. The molecule has 20 heavy (non-hydrogen) atoms. The molecule has 0 saturated heterocycles. The normalized spacial score (nSPS) is 12.6. The summed E-state index contributed by atoms with van der Waals surface area (Å²) < 4.78 is 76.3. The zero-order chi connectivity index (χ0) is 15.4. The highest BCUT2D eigenvalue weighted by Gasteiger charge is 2.27. The molecule has 0 spiro atoms. The topological polar surface area (TPSA) is 69.4 Å². The molecule has 2 N–H and O–H groups in total. The van der Waals surface area contributed by atoms with Gasteiger partial charge in [0, 0.05) is 6.61 Å². The first-order chi connectivity index (χ1) is 9.12. The van der Waals surface area contributed by atoms with Crippen LogP contribution in [0.3, 0.4) is 0 Å². The van der Waals surface area contributed by atoms with Crippen molar-refractivity contribution in [2.24, 2.45) is 0 Å². The van der Waals surface area contributed by atoms with Crippen LogP contribution >= 0.6 is 0 Å². The van der Waals surface area contributed by atoms with Crippen molar-refractivity contribution in [2.75, 3.05) is 24.7 Å². The van der Waals surface area contributed by atoms with E-state index in [-0.39, 0.29) is 23.6 Å². The van der Waals surface area contributed by atoms with Crippen molar-refractivity contribution in [3.05, 3.63) is 24.0 Å². The maximum Gasteiger partial charge on any atom is 0.411 e. The molecule has 0 aliphatic rings. The minimum Gasteiger partial charge on any atom is -0.396 e. The van der Waals surface area contributed by atoms with Gasteiger partial charge in [0.1, 0.15) is 12.4 Å². The number of nitrogen functional groups attached to an aromatic ring is 1. The minimum atomic E-state index is -4.45. The van der Waals surface area contributed by atoms with Gasteiger partial charge in [0.15, 0.2) is 9.84 Å². The van der Waals surface area contributed by atoms with Gasteiger partial charge in [-0.25, -0.2) is 12.8 Å². The van der Waals surface area contributed by atoms with Gasteiger partial charge >= 0.3 is 6.18 Å². The van der Waals surface area contributed by atoms with Gasteiger partial charge in [0.25, 0.3) is 0 Å². The Bertz CT molecular complexity index is 557. The molecule has 0 fully saturated rings. The summed E-state index contributed by atoms with van der Waals surface area (Å²) in [5.74, 6) is -1.30. The van der Waals surface area contributed by atoms with Crippen molar-refractivity contribution in [3.63, 3.8) is 0 Å². The molecule has 0 unspecified atom stereocenters. The number of ether oxygens (including phenoxy) is 1. The van der Waals surface area contributed by atoms with E-state index in [2.05, 4.69) is 4.74 Å². The quantitative estimate of drug-likeness (QED) is 0.496. The van der Waals surface area contributed by atoms with E-state index in [1.807, 2.05) is 0 Å². The Balaban J connectivity index is 2.52. The highest BCUT2D eigenvalue weighted by Crippen LogP contribution is 2.18. The van der Waals surface area contributed by atoms with Crippen LogP contribution in [0.25, 0.3) is 0 Å². The number of hydrogen-bond acceptors (Lipinski definition) is 4. The second-order valence-corrected chi connectivity index (χ2v) is 6.13. The number of halogens is 4. The van der Waals surface area contributed by atoms with Crippen LogP contribution in [0.5, 0.6) is 0 Å². The molecule has 0 saturated carbocycles. The SMILES string of the molecule is Nc1ccc(S(=O)(=O)CCCOCC(F)(F)F)cc1F. The molecular weight excluding hydrogens is 302 g/mol. The summed E-state index contributed by atoms with van der Waals surface area (Å²) in [5.41, 5.74) is 5.03. The van der Waals surface area contributed by atoms with Crippen LogP contribution in [0.4, 0.5) is 23.2 Å². The standard InChI is InChI=1S/C11H13F4NO3S/c12-9-6-8(2-3-10(9)16)20(17,18)5-1-4-19-7-11(13,14)15/h2-3,6H,1,4-5,7,16H2. The zero-order valence-corrected chi connectivity index (χ0v) is 11.1. The number of rotatable bonds is 6. The van der Waals surface area contributed by atoms with E-state index in [1.165, 1.54) is 0 Å². The molecule has 4 nitrogen and oxygen atoms in total. The Morgan fingerprint density at radius 1 is 1.25 bits per heavy atom. The average molecular weight is 315 g/mol. The van der Waals surface area contributed by atoms with Gasteiger partial charge in [-0.3, -0.25) is 0 Å². The Hall–Kier alpha value is -1.35. The number of sulfone groups is 1. The molecule has 114 valence electrons. The smallest absolute Gasteiger partial charge is 0.396 e. The molecule has 9 heteroatoms. The number of nitrogens with two attached hydrogens (primary N) is 1. The summed E-state index contributed by atoms with van der Waals surface area (Å²) >= 11 is 0. The molecule has 0 bridgehead atoms. The fourth-order valence-electron chi connectivity index (χ4n) is 1.36. The van der Waals surface area contributed by atoms with E-state index >= 15 is 0 Å². The fourth-order valence-corrected chi connectivity index (χ4v) is 2.65. The predicted molar refractivity (Wildman–Crippen MR) is 64.4 cm³/mol. The monoisotopic (exact) mass is 315 g/mol. The van der Waals surface area contributed by atoms with E-state index in [9.17, 15) is 26.0 Å². The van der Waals surface area contributed by atoms with Crippen molar-refractivity contribution in [2.45, 2.75) is 17.5 Å². The predicted octanol–water partition coefficient (Wildman–Crippen LogP) is 2.15. The second-order valence-electron chi connectivity index (χ2n) is 4.02. The zero-order valence-electron chi connectivity index (χ0n) is 10.3. The lowest BCUT2D eigenvalue weighted by molar-refractivity contribution is -0.173. The molecule has 0 aliphatic heterocycles. The third-order valence-electron chi connectivity index (χ3n) is 2.30. The van der Waals surface area contributed by atoms with Crippen molar-refractivity contribution in [1.29, 1.82) is 0 Å². The van der Waals surface area contributed by atoms with E-state index < -0.39 is 34.2 Å². The maximum absolute atomic E-state index is 13.1. The lowest BCUT2D eigenvalue weighted by atomic mass is 10.3. The van der Waals surface area contributed by atoms with Crippen molar-refractivity contribution in [1.82, 2.24) is 0 Å². The summed E-state index contributed by atoms with van der Waals surface area (Å²) in [6, 6.07) is 3.04. The van der Waals surface area contributed by atoms with Gasteiger partial charge in [-0.15, -0.1) is 0 Å². The molecule has 0 amide bonds. The Morgan fingerprint density at radius 3 is 2.45 bits per heavy atom. The van der Waals surface area contributed by atoms with Crippen LogP contribution in [0.15, 0.2) is 23.1 Å². The minimum absolute atomic E-state index is 0.121. The number of anilines is 1. The molecule has 0 radical (unpaired) electrons. The second kappa shape index (κ2) is 6.40. The third-order valence-corrected chi connectivity index (χ3v) is 4.10. The van der Waals surface area contributed by atoms with Gasteiger partial charge in [-0.2, -0.15) is 13.2 Å². The summed E-state index contributed by atoms with van der Waals surface area (Å²) in [5, 5.41) is 0. The molecular formula is C11H13F4NO3S. The van der Waals surface area contributed by atoms with E-state index in [1.54, 1.807) is 0 Å². The Labute approximate surface area is 113 Å². The van der Waals surface area contributed by atoms with Crippen LogP contribution in [0.2, 0.25) is 0 Å². The first-order valence-electron chi connectivity index (χ1n) is 5.54. The summed E-state index contributed by atoms with van der Waals surface area (Å²) in [4.78, 5) is -0.264. The first kappa shape index (κ1) is 16.7. The molecule has 0 aromatic heterocycles. The molecule has 1 aromatic carbocycles. The van der Waals surface area contributed by atoms with Crippen LogP contribution in [-0.4, -0.2) is 33.6 Å². The van der Waals surface area contributed by atoms with Gasteiger partial charge in [-0.05, 0) is 24.6 Å². The van der Waals surface area contributed by atoms with E-state index in [4.69, 9.17) is 5.73 Å². The maximum atomic E-state index is 13.1. The first-order valence-corrected chi connectivity index (χ1v) is 7.19. The number of alkyl halides is 3. The van der Waals surface area contributed by atoms with Crippen molar-refractivity contribution in [3.8, 4) is 0 Å². The van der Waals surface area contributed by atoms with Gasteiger partial charge < -0.3 is 10.5 Å². The molecule has 1 rings (SSSR count). The molecule has 0 aliphatic carbocycles. The average Bonchev–Trinajstić information content (AvgIpc) is 2.30. The molecule has 0 heterocycles. The van der Waals surface area contributed by atoms with Crippen LogP contribution in [-0.2, 0) is 14.6 Å². The number of benzene rings is 1.